The summed E-state index contributed by atoms with van der Waals surface area (Å²) in [5.74, 6) is 0. The van der Waals surface area contributed by atoms with E-state index in [1.807, 2.05) is 55.3 Å². The average molecular weight is 348 g/mol. The van der Waals surface area contributed by atoms with Crippen LogP contribution in [0.1, 0.15) is 5.69 Å². The standard InChI is InChI=1S/C18H16N6S/c1-12-15(10-19-11-21-12)16-7-6-14(9-20-16)25-23-17-5-3-4-13-8-22-24(2)18(13)17/h3-11,23H,1-2H3. The van der Waals surface area contributed by atoms with E-state index < -0.39 is 0 Å². The lowest BCUT2D eigenvalue weighted by molar-refractivity contribution is 0.798. The van der Waals surface area contributed by atoms with Gasteiger partial charge in [0.15, 0.2) is 0 Å². The third kappa shape index (κ3) is 3.06. The fraction of sp³-hybridized carbons (Fsp3) is 0.111. The lowest BCUT2D eigenvalue weighted by atomic mass is 10.1. The van der Waals surface area contributed by atoms with E-state index in [1.165, 1.54) is 11.9 Å². The summed E-state index contributed by atoms with van der Waals surface area (Å²) < 4.78 is 5.27. The van der Waals surface area contributed by atoms with Gasteiger partial charge in [-0.15, -0.1) is 0 Å². The van der Waals surface area contributed by atoms with Crippen LogP contribution in [0.25, 0.3) is 22.2 Å². The van der Waals surface area contributed by atoms with Crippen LogP contribution in [0.2, 0.25) is 0 Å². The first-order chi connectivity index (χ1) is 12.2. The Balaban J connectivity index is 1.54. The molecule has 0 unspecified atom stereocenters. The Labute approximate surface area is 149 Å². The van der Waals surface area contributed by atoms with Crippen molar-refractivity contribution in [3.05, 3.63) is 60.9 Å². The summed E-state index contributed by atoms with van der Waals surface area (Å²) in [5, 5.41) is 5.42. The quantitative estimate of drug-likeness (QED) is 0.565. The second-order valence-corrected chi connectivity index (χ2v) is 6.50. The molecular weight excluding hydrogens is 332 g/mol. The Morgan fingerprint density at radius 3 is 2.76 bits per heavy atom. The number of rotatable bonds is 4. The maximum absolute atomic E-state index is 4.53. The number of anilines is 1. The Kier molecular flexibility index (Phi) is 4.07. The number of nitrogens with zero attached hydrogens (tertiary/aromatic N) is 5. The summed E-state index contributed by atoms with van der Waals surface area (Å²) in [6.45, 7) is 1.96. The molecule has 0 aliphatic carbocycles. The minimum atomic E-state index is 0.871. The Hall–Kier alpha value is -2.93. The van der Waals surface area contributed by atoms with Crippen LogP contribution in [0.5, 0.6) is 0 Å². The van der Waals surface area contributed by atoms with Gasteiger partial charge in [-0.3, -0.25) is 9.67 Å². The molecule has 124 valence electrons. The monoisotopic (exact) mass is 348 g/mol. The van der Waals surface area contributed by atoms with E-state index in [-0.39, 0.29) is 0 Å². The van der Waals surface area contributed by atoms with Crippen molar-refractivity contribution in [3.8, 4) is 11.3 Å². The zero-order valence-corrected chi connectivity index (χ0v) is 14.7. The van der Waals surface area contributed by atoms with Crippen LogP contribution in [0, 0.1) is 6.92 Å². The van der Waals surface area contributed by atoms with Crippen LogP contribution in [0.4, 0.5) is 5.69 Å². The summed E-state index contributed by atoms with van der Waals surface area (Å²) in [4.78, 5) is 13.8. The topological polar surface area (TPSA) is 68.5 Å². The lowest BCUT2D eigenvalue weighted by Crippen LogP contribution is -1.95. The van der Waals surface area contributed by atoms with Gasteiger partial charge in [0.05, 0.1) is 28.8 Å². The molecule has 0 bridgehead atoms. The van der Waals surface area contributed by atoms with Gasteiger partial charge >= 0.3 is 0 Å². The Bertz CT molecular complexity index is 1030. The summed E-state index contributed by atoms with van der Waals surface area (Å²) >= 11 is 1.52. The summed E-state index contributed by atoms with van der Waals surface area (Å²) in [6, 6.07) is 10.1. The van der Waals surface area contributed by atoms with Gasteiger partial charge < -0.3 is 4.72 Å². The number of hydrogen-bond donors (Lipinski definition) is 1. The van der Waals surface area contributed by atoms with Crippen LogP contribution in [0.15, 0.2) is 60.1 Å². The van der Waals surface area contributed by atoms with E-state index >= 15 is 0 Å². The number of aryl methyl sites for hydroxylation is 2. The second-order valence-electron chi connectivity index (χ2n) is 5.62. The second kappa shape index (κ2) is 6.52. The maximum Gasteiger partial charge on any atom is 0.115 e. The van der Waals surface area contributed by atoms with E-state index in [2.05, 4.69) is 30.8 Å². The molecule has 1 N–H and O–H groups in total. The van der Waals surface area contributed by atoms with Gasteiger partial charge in [0.2, 0.25) is 0 Å². The molecule has 6 nitrogen and oxygen atoms in total. The highest BCUT2D eigenvalue weighted by atomic mass is 32.2. The SMILES string of the molecule is Cc1ncncc1-c1ccc(SNc2cccc3cnn(C)c23)cn1. The first-order valence-corrected chi connectivity index (χ1v) is 8.60. The molecule has 0 radical (unpaired) electrons. The van der Waals surface area contributed by atoms with Crippen molar-refractivity contribution < 1.29 is 0 Å². The number of nitrogens with one attached hydrogen (secondary N) is 1. The van der Waals surface area contributed by atoms with Gasteiger partial charge in [0, 0.05) is 35.3 Å². The lowest BCUT2D eigenvalue weighted by Gasteiger charge is -2.08. The van der Waals surface area contributed by atoms with Crippen molar-refractivity contribution >= 4 is 28.5 Å². The summed E-state index contributed by atoms with van der Waals surface area (Å²) in [6.07, 6.45) is 7.06. The van der Waals surface area contributed by atoms with E-state index in [4.69, 9.17) is 0 Å². The molecule has 0 spiro atoms. The highest BCUT2D eigenvalue weighted by Gasteiger charge is 2.07. The Morgan fingerprint density at radius 1 is 1.04 bits per heavy atom. The van der Waals surface area contributed by atoms with E-state index in [0.717, 1.165) is 38.4 Å². The average Bonchev–Trinajstić information content (AvgIpc) is 3.03. The molecule has 25 heavy (non-hydrogen) atoms. The van der Waals surface area contributed by atoms with E-state index in [9.17, 15) is 0 Å². The molecule has 3 aromatic heterocycles. The van der Waals surface area contributed by atoms with Crippen molar-refractivity contribution in [2.45, 2.75) is 11.8 Å². The van der Waals surface area contributed by atoms with Gasteiger partial charge in [-0.2, -0.15) is 5.10 Å². The van der Waals surface area contributed by atoms with Crippen LogP contribution in [0.3, 0.4) is 0 Å². The van der Waals surface area contributed by atoms with E-state index in [1.54, 1.807) is 12.5 Å². The highest BCUT2D eigenvalue weighted by molar-refractivity contribution is 8.00. The number of para-hydroxylation sites is 1. The number of fused-ring (bicyclic) bond motifs is 1. The molecule has 4 aromatic rings. The van der Waals surface area contributed by atoms with Crippen LogP contribution in [-0.2, 0) is 7.05 Å². The van der Waals surface area contributed by atoms with E-state index in [0.29, 0.717) is 0 Å². The minimum Gasteiger partial charge on any atom is -0.324 e. The van der Waals surface area contributed by atoms with Gasteiger partial charge in [0.1, 0.15) is 6.33 Å². The van der Waals surface area contributed by atoms with Gasteiger partial charge in [-0.25, -0.2) is 9.97 Å². The van der Waals surface area contributed by atoms with Crippen molar-refractivity contribution in [2.75, 3.05) is 4.72 Å². The van der Waals surface area contributed by atoms with Crippen molar-refractivity contribution in [3.63, 3.8) is 0 Å². The van der Waals surface area contributed by atoms with Gasteiger partial charge in [-0.1, -0.05) is 12.1 Å². The summed E-state index contributed by atoms with van der Waals surface area (Å²) in [7, 11) is 1.94. The minimum absolute atomic E-state index is 0.871. The number of aromatic nitrogens is 5. The van der Waals surface area contributed by atoms with Crippen molar-refractivity contribution in [1.82, 2.24) is 24.7 Å². The third-order valence-corrected chi connectivity index (χ3v) is 4.76. The normalized spacial score (nSPS) is 11.0. The highest BCUT2D eigenvalue weighted by Crippen LogP contribution is 2.28. The van der Waals surface area contributed by atoms with Gasteiger partial charge in [-0.05, 0) is 37.1 Å². The molecule has 0 amide bonds. The molecule has 7 heteroatoms. The molecule has 0 aliphatic heterocycles. The van der Waals surface area contributed by atoms with Crippen LogP contribution < -0.4 is 4.72 Å². The molecule has 3 heterocycles. The first-order valence-electron chi connectivity index (χ1n) is 7.79. The third-order valence-electron chi connectivity index (χ3n) is 3.96. The van der Waals surface area contributed by atoms with Gasteiger partial charge in [0.25, 0.3) is 0 Å². The summed E-state index contributed by atoms with van der Waals surface area (Å²) in [5.41, 5.74) is 4.85. The predicted molar refractivity (Wildman–Crippen MR) is 100 cm³/mol. The zero-order valence-electron chi connectivity index (χ0n) is 13.8. The zero-order chi connectivity index (χ0) is 17.2. The molecule has 0 saturated carbocycles. The first kappa shape index (κ1) is 15.6. The number of pyridine rings is 1. The number of hydrogen-bond acceptors (Lipinski definition) is 6. The molecule has 1 aromatic carbocycles. The Morgan fingerprint density at radius 2 is 1.96 bits per heavy atom. The largest absolute Gasteiger partial charge is 0.324 e. The fourth-order valence-electron chi connectivity index (χ4n) is 2.67. The predicted octanol–water partition coefficient (Wildman–Crippen LogP) is 3.85. The van der Waals surface area contributed by atoms with Crippen LogP contribution in [-0.4, -0.2) is 24.7 Å². The smallest absolute Gasteiger partial charge is 0.115 e. The molecule has 0 atom stereocenters. The molecule has 0 aliphatic rings. The molecule has 0 fully saturated rings. The number of benzene rings is 1. The molecular formula is C18H16N6S. The fourth-order valence-corrected chi connectivity index (χ4v) is 3.31. The maximum atomic E-state index is 4.53. The van der Waals surface area contributed by atoms with Crippen molar-refractivity contribution in [1.29, 1.82) is 0 Å². The molecule has 0 saturated heterocycles. The van der Waals surface area contributed by atoms with Crippen LogP contribution >= 0.6 is 11.9 Å². The van der Waals surface area contributed by atoms with Crippen molar-refractivity contribution in [2.24, 2.45) is 7.05 Å². The molecule has 4 rings (SSSR count).